The second-order valence-electron chi connectivity index (χ2n) is 21.7. The molecule has 0 bridgehead atoms. The summed E-state index contributed by atoms with van der Waals surface area (Å²) in [4.78, 5) is 11.0. The zero-order chi connectivity index (χ0) is 47.0. The van der Waals surface area contributed by atoms with Gasteiger partial charge >= 0.3 is 0 Å². The molecule has 68 heavy (non-hydrogen) atoms. The summed E-state index contributed by atoms with van der Waals surface area (Å²) in [5, 5.41) is 18.1. The van der Waals surface area contributed by atoms with Gasteiger partial charge in [0, 0.05) is 44.3 Å². The fourth-order valence-corrected chi connectivity index (χ4v) is 10.4. The Labute approximate surface area is 396 Å². The highest BCUT2D eigenvalue weighted by atomic mass is 16.3. The minimum absolute atomic E-state index is 0.0815. The number of nitrogens with zero attached hydrogens (tertiary/aromatic N) is 4. The highest BCUT2D eigenvalue weighted by Crippen LogP contribution is 2.47. The van der Waals surface area contributed by atoms with Crippen molar-refractivity contribution < 1.29 is 9.52 Å². The first-order chi connectivity index (χ1) is 32.5. The molecule has 6 heteroatoms. The fraction of sp³-hybridized carbons (Fsp3) is 0.194. The van der Waals surface area contributed by atoms with Gasteiger partial charge in [-0.05, 0) is 98.5 Å². The molecule has 0 spiro atoms. The molecular formula is C62H54N4O2. The van der Waals surface area contributed by atoms with Gasteiger partial charge in [0.2, 0.25) is 0 Å². The Morgan fingerprint density at radius 1 is 0.456 bits per heavy atom. The molecule has 4 aromatic heterocycles. The van der Waals surface area contributed by atoms with Gasteiger partial charge < -0.3 is 9.52 Å². The predicted octanol–water partition coefficient (Wildman–Crippen LogP) is 16.6. The molecule has 0 amide bonds. The van der Waals surface area contributed by atoms with Crippen LogP contribution in [0.4, 0.5) is 0 Å². The molecule has 8 aromatic carbocycles. The van der Waals surface area contributed by atoms with Gasteiger partial charge in [0.15, 0.2) is 0 Å². The Balaban J connectivity index is 1.18. The van der Waals surface area contributed by atoms with Crippen molar-refractivity contribution in [2.45, 2.75) is 78.6 Å². The number of phenols is 1. The number of benzene rings is 8. The monoisotopic (exact) mass is 886 g/mol. The van der Waals surface area contributed by atoms with Gasteiger partial charge in [-0.3, -0.25) is 8.97 Å². The number of phenolic OH excluding ortho intramolecular Hbond substituents is 1. The summed E-state index contributed by atoms with van der Waals surface area (Å²) in [5.41, 5.74) is 16.0. The number of rotatable bonds is 4. The molecule has 0 radical (unpaired) electrons. The number of para-hydroxylation sites is 4. The van der Waals surface area contributed by atoms with Gasteiger partial charge in [0.25, 0.3) is 0 Å². The van der Waals surface area contributed by atoms with Crippen LogP contribution in [0, 0.1) is 0 Å². The van der Waals surface area contributed by atoms with E-state index in [2.05, 4.69) is 217 Å². The average molecular weight is 887 g/mol. The first-order valence-electron chi connectivity index (χ1n) is 23.7. The van der Waals surface area contributed by atoms with Crippen LogP contribution in [0.25, 0.3) is 111 Å². The van der Waals surface area contributed by atoms with Crippen molar-refractivity contribution in [2.24, 2.45) is 0 Å². The SMILES string of the molecule is CC(C)(C)c1ccc(-n2c(-c3cc(C(C)(C)C)cc(C(C)(C)C)c3O)nc3c(-c4ccc5c6cc7c(cc6n6c8ccccc8nc6c5c4)oc4ccccc47)cccc32)c(-c2ccccc2)c1. The summed E-state index contributed by atoms with van der Waals surface area (Å²) in [7, 11) is 0. The van der Waals surface area contributed by atoms with E-state index in [0.717, 1.165) is 110 Å². The van der Waals surface area contributed by atoms with Crippen LogP contribution < -0.4 is 0 Å². The molecule has 0 atom stereocenters. The molecule has 0 unspecified atom stereocenters. The molecule has 1 N–H and O–H groups in total. The zero-order valence-corrected chi connectivity index (χ0v) is 40.2. The maximum absolute atomic E-state index is 12.6. The molecule has 0 saturated carbocycles. The van der Waals surface area contributed by atoms with E-state index in [4.69, 9.17) is 14.4 Å². The molecule has 0 aliphatic heterocycles. The van der Waals surface area contributed by atoms with Crippen LogP contribution >= 0.6 is 0 Å². The number of aromatic nitrogens is 4. The molecular weight excluding hydrogens is 833 g/mol. The maximum atomic E-state index is 12.6. The van der Waals surface area contributed by atoms with Crippen LogP contribution in [0.5, 0.6) is 5.75 Å². The topological polar surface area (TPSA) is 68.5 Å². The lowest BCUT2D eigenvalue weighted by atomic mass is 9.79. The lowest BCUT2D eigenvalue weighted by molar-refractivity contribution is 0.446. The van der Waals surface area contributed by atoms with Crippen molar-refractivity contribution in [1.82, 2.24) is 18.9 Å². The van der Waals surface area contributed by atoms with E-state index in [0.29, 0.717) is 11.4 Å². The molecule has 0 aliphatic carbocycles. The van der Waals surface area contributed by atoms with E-state index in [1.54, 1.807) is 0 Å². The van der Waals surface area contributed by atoms with Crippen molar-refractivity contribution >= 4 is 71.3 Å². The molecule has 0 fully saturated rings. The van der Waals surface area contributed by atoms with E-state index in [9.17, 15) is 5.11 Å². The average Bonchev–Trinajstić information content (AvgIpc) is 4.02. The lowest BCUT2D eigenvalue weighted by Crippen LogP contribution is -2.17. The largest absolute Gasteiger partial charge is 0.507 e. The smallest absolute Gasteiger partial charge is 0.149 e. The highest BCUT2D eigenvalue weighted by molar-refractivity contribution is 6.20. The van der Waals surface area contributed by atoms with Crippen molar-refractivity contribution in [2.75, 3.05) is 0 Å². The second kappa shape index (κ2) is 14.6. The lowest BCUT2D eigenvalue weighted by Gasteiger charge is -2.28. The molecule has 12 rings (SSSR count). The maximum Gasteiger partial charge on any atom is 0.149 e. The molecule has 12 aromatic rings. The van der Waals surface area contributed by atoms with Gasteiger partial charge in [-0.15, -0.1) is 0 Å². The van der Waals surface area contributed by atoms with Crippen LogP contribution in [0.3, 0.4) is 0 Å². The van der Waals surface area contributed by atoms with Gasteiger partial charge in [-0.1, -0.05) is 159 Å². The van der Waals surface area contributed by atoms with E-state index in [1.807, 2.05) is 12.1 Å². The van der Waals surface area contributed by atoms with E-state index in [-0.39, 0.29) is 22.0 Å². The van der Waals surface area contributed by atoms with Gasteiger partial charge in [-0.25, -0.2) is 9.97 Å². The summed E-state index contributed by atoms with van der Waals surface area (Å²) >= 11 is 0. The molecule has 0 saturated heterocycles. The number of hydrogen-bond donors (Lipinski definition) is 1. The third-order valence-corrected chi connectivity index (χ3v) is 14.1. The van der Waals surface area contributed by atoms with E-state index >= 15 is 0 Å². The number of fused-ring (bicyclic) bond motifs is 12. The number of imidazole rings is 2. The normalized spacial score (nSPS) is 12.8. The summed E-state index contributed by atoms with van der Waals surface area (Å²) in [5.74, 6) is 0.939. The molecule has 4 heterocycles. The van der Waals surface area contributed by atoms with Crippen molar-refractivity contribution in [3.05, 3.63) is 174 Å². The summed E-state index contributed by atoms with van der Waals surface area (Å²) < 4.78 is 11.0. The number of hydrogen-bond acceptors (Lipinski definition) is 4. The van der Waals surface area contributed by atoms with Crippen LogP contribution in [0.1, 0.15) is 79.0 Å². The van der Waals surface area contributed by atoms with Crippen LogP contribution in [-0.2, 0) is 16.2 Å². The number of pyridine rings is 1. The quantitative estimate of drug-likeness (QED) is 0.179. The first kappa shape index (κ1) is 41.7. The number of furan rings is 1. The summed E-state index contributed by atoms with van der Waals surface area (Å²) in [6, 6.07) is 56.2. The Kier molecular flexibility index (Phi) is 8.99. The first-order valence-corrected chi connectivity index (χ1v) is 23.7. The Hall–Kier alpha value is -7.70. The minimum Gasteiger partial charge on any atom is -0.507 e. The Bertz CT molecular complexity index is 4030. The Morgan fingerprint density at radius 3 is 1.96 bits per heavy atom. The van der Waals surface area contributed by atoms with Crippen LogP contribution in [0.15, 0.2) is 162 Å². The molecule has 6 nitrogen and oxygen atoms in total. The standard InChI is InChI=1S/C62H54N4O2/c1-60(2,3)38-27-29-50(43(31-38)36-18-11-10-12-19-36)65-52-24-17-21-40(56(52)64-59(65)47-32-39(61(4,5)6)33-48(57(47)67)62(7,8)9)37-26-28-41-44-34-45-42-20-13-16-25-54(42)68-55(45)35-53(44)66-51-23-15-14-22-49(51)63-58(66)46(41)30-37/h10-35,67H,1-9H3. The van der Waals surface area contributed by atoms with Crippen LogP contribution in [-0.4, -0.2) is 24.0 Å². The van der Waals surface area contributed by atoms with Crippen molar-refractivity contribution in [3.63, 3.8) is 0 Å². The predicted molar refractivity (Wildman–Crippen MR) is 284 cm³/mol. The summed E-state index contributed by atoms with van der Waals surface area (Å²) in [6.07, 6.45) is 0. The minimum atomic E-state index is -0.333. The molecule has 334 valence electrons. The van der Waals surface area contributed by atoms with Crippen molar-refractivity contribution in [3.8, 4) is 45.1 Å². The van der Waals surface area contributed by atoms with Crippen LogP contribution in [0.2, 0.25) is 0 Å². The number of aromatic hydroxyl groups is 1. The Morgan fingerprint density at radius 2 is 1.18 bits per heavy atom. The third-order valence-electron chi connectivity index (χ3n) is 14.1. The van der Waals surface area contributed by atoms with E-state index in [1.165, 1.54) is 5.56 Å². The van der Waals surface area contributed by atoms with Crippen molar-refractivity contribution in [1.29, 1.82) is 0 Å². The zero-order valence-electron chi connectivity index (χ0n) is 40.2. The molecule has 0 aliphatic rings. The van der Waals surface area contributed by atoms with Gasteiger partial charge in [0.1, 0.15) is 28.4 Å². The highest BCUT2D eigenvalue weighted by Gasteiger charge is 2.30. The van der Waals surface area contributed by atoms with Gasteiger partial charge in [-0.2, -0.15) is 0 Å². The summed E-state index contributed by atoms with van der Waals surface area (Å²) in [6.45, 7) is 20.0. The second-order valence-corrected chi connectivity index (χ2v) is 21.7. The van der Waals surface area contributed by atoms with Gasteiger partial charge in [0.05, 0.1) is 38.8 Å². The third kappa shape index (κ3) is 6.45. The fourth-order valence-electron chi connectivity index (χ4n) is 10.4. The van der Waals surface area contributed by atoms with E-state index < -0.39 is 0 Å².